The summed E-state index contributed by atoms with van der Waals surface area (Å²) in [6.45, 7) is 2.00. The van der Waals surface area contributed by atoms with Crippen molar-refractivity contribution >= 4 is 22.7 Å². The highest BCUT2D eigenvalue weighted by molar-refractivity contribution is 7.99. The molecule has 0 saturated heterocycles. The van der Waals surface area contributed by atoms with E-state index in [1.807, 2.05) is 13.0 Å². The van der Waals surface area contributed by atoms with E-state index in [1.54, 1.807) is 18.2 Å². The summed E-state index contributed by atoms with van der Waals surface area (Å²) < 4.78 is 38.2. The van der Waals surface area contributed by atoms with Gasteiger partial charge in [0.2, 0.25) is 0 Å². The molecule has 0 aliphatic carbocycles. The van der Waals surface area contributed by atoms with Gasteiger partial charge in [0.05, 0.1) is 5.52 Å². The molecule has 0 N–H and O–H groups in total. The maximum atomic E-state index is 12.7. The molecule has 2 aromatic rings. The third-order valence-electron chi connectivity index (χ3n) is 2.43. The van der Waals surface area contributed by atoms with Gasteiger partial charge in [-0.15, -0.1) is 11.8 Å². The Balaban J connectivity index is 2.57. The molecule has 1 aromatic heterocycles. The van der Waals surface area contributed by atoms with Crippen LogP contribution in [0.15, 0.2) is 35.2 Å². The molecule has 5 heteroatoms. The molecule has 1 heterocycles. The minimum Gasteiger partial charge on any atom is -0.243 e. The van der Waals surface area contributed by atoms with E-state index in [9.17, 15) is 13.2 Å². The quantitative estimate of drug-likeness (QED) is 0.747. The molecule has 0 aliphatic heterocycles. The zero-order chi connectivity index (χ0) is 13.2. The van der Waals surface area contributed by atoms with Gasteiger partial charge in [0.25, 0.3) is 0 Å². The first-order valence-corrected chi connectivity index (χ1v) is 6.60. The fourth-order valence-corrected chi connectivity index (χ4v) is 2.57. The second-order valence-electron chi connectivity index (χ2n) is 3.87. The van der Waals surface area contributed by atoms with E-state index in [2.05, 4.69) is 4.98 Å². The van der Waals surface area contributed by atoms with Crippen LogP contribution >= 0.6 is 11.8 Å². The van der Waals surface area contributed by atoms with Crippen molar-refractivity contribution in [1.82, 2.24) is 4.98 Å². The second-order valence-corrected chi connectivity index (χ2v) is 5.01. The van der Waals surface area contributed by atoms with Crippen LogP contribution in [0, 0.1) is 0 Å². The monoisotopic (exact) mass is 271 g/mol. The number of hydrogen-bond donors (Lipinski definition) is 0. The number of alkyl halides is 3. The van der Waals surface area contributed by atoms with Crippen molar-refractivity contribution < 1.29 is 13.2 Å². The Morgan fingerprint density at radius 3 is 2.61 bits per heavy atom. The normalized spacial score (nSPS) is 12.0. The number of fused-ring (bicyclic) bond motifs is 1. The molecule has 1 nitrogen and oxygen atoms in total. The van der Waals surface area contributed by atoms with E-state index in [-0.39, 0.29) is 0 Å². The zero-order valence-electron chi connectivity index (χ0n) is 9.79. The van der Waals surface area contributed by atoms with Crippen LogP contribution in [0.25, 0.3) is 10.9 Å². The fraction of sp³-hybridized carbons (Fsp3) is 0.308. The van der Waals surface area contributed by atoms with Gasteiger partial charge in [0, 0.05) is 10.3 Å². The van der Waals surface area contributed by atoms with Crippen molar-refractivity contribution in [2.45, 2.75) is 24.4 Å². The van der Waals surface area contributed by atoms with Crippen molar-refractivity contribution in [1.29, 1.82) is 0 Å². The number of benzene rings is 1. The third kappa shape index (κ3) is 2.77. The van der Waals surface area contributed by atoms with Crippen LogP contribution < -0.4 is 0 Å². The fourth-order valence-electron chi connectivity index (χ4n) is 1.62. The summed E-state index contributed by atoms with van der Waals surface area (Å²) >= 11 is 1.44. The smallest absolute Gasteiger partial charge is 0.243 e. The Bertz CT molecular complexity index is 551. The Hall–Kier alpha value is -1.23. The highest BCUT2D eigenvalue weighted by atomic mass is 32.2. The SMILES string of the molecule is CCCSc1cc(C(F)(F)F)nc2ccccc12. The first-order valence-electron chi connectivity index (χ1n) is 5.62. The summed E-state index contributed by atoms with van der Waals surface area (Å²) in [7, 11) is 0. The molecule has 0 unspecified atom stereocenters. The lowest BCUT2D eigenvalue weighted by atomic mass is 10.2. The average molecular weight is 271 g/mol. The number of halogens is 3. The van der Waals surface area contributed by atoms with Gasteiger partial charge in [-0.25, -0.2) is 4.98 Å². The molecule has 0 saturated carbocycles. The second kappa shape index (κ2) is 5.18. The maximum Gasteiger partial charge on any atom is 0.433 e. The molecule has 0 spiro atoms. The van der Waals surface area contributed by atoms with Crippen LogP contribution in [0.2, 0.25) is 0 Å². The molecule has 1 aromatic carbocycles. The minimum atomic E-state index is -4.40. The van der Waals surface area contributed by atoms with Gasteiger partial charge < -0.3 is 0 Å². The molecule has 2 rings (SSSR count). The van der Waals surface area contributed by atoms with Gasteiger partial charge in [0.15, 0.2) is 0 Å². The Morgan fingerprint density at radius 1 is 1.22 bits per heavy atom. The molecule has 0 bridgehead atoms. The van der Waals surface area contributed by atoms with Crippen molar-refractivity contribution in [3.05, 3.63) is 36.0 Å². The summed E-state index contributed by atoms with van der Waals surface area (Å²) in [5.74, 6) is 0.797. The maximum absolute atomic E-state index is 12.7. The van der Waals surface area contributed by atoms with Crippen LogP contribution in [0.4, 0.5) is 13.2 Å². The molecule has 96 valence electrons. The van der Waals surface area contributed by atoms with Crippen LogP contribution in [0.1, 0.15) is 19.0 Å². The van der Waals surface area contributed by atoms with E-state index in [1.165, 1.54) is 11.8 Å². The van der Waals surface area contributed by atoms with Crippen molar-refractivity contribution in [2.75, 3.05) is 5.75 Å². The summed E-state index contributed by atoms with van der Waals surface area (Å²) in [4.78, 5) is 4.32. The highest BCUT2D eigenvalue weighted by Gasteiger charge is 2.33. The molecular weight excluding hydrogens is 259 g/mol. The number of nitrogens with zero attached hydrogens (tertiary/aromatic N) is 1. The number of rotatable bonds is 3. The first kappa shape index (κ1) is 13.2. The van der Waals surface area contributed by atoms with Crippen molar-refractivity contribution in [3.63, 3.8) is 0 Å². The standard InChI is InChI=1S/C13H12F3NS/c1-2-7-18-11-8-12(13(14,15)16)17-10-6-4-3-5-9(10)11/h3-6,8H,2,7H2,1H3. The number of hydrogen-bond acceptors (Lipinski definition) is 2. The van der Waals surface area contributed by atoms with E-state index in [0.29, 0.717) is 10.4 Å². The number of aromatic nitrogens is 1. The van der Waals surface area contributed by atoms with Gasteiger partial charge in [-0.05, 0) is 24.3 Å². The Labute approximate surface area is 107 Å². The predicted molar refractivity (Wildman–Crippen MR) is 67.8 cm³/mol. The van der Waals surface area contributed by atoms with E-state index in [4.69, 9.17) is 0 Å². The lowest BCUT2D eigenvalue weighted by Crippen LogP contribution is -2.08. The van der Waals surface area contributed by atoms with Crippen LogP contribution in [-0.2, 0) is 6.18 Å². The van der Waals surface area contributed by atoms with Crippen LogP contribution in [0.5, 0.6) is 0 Å². The van der Waals surface area contributed by atoms with Gasteiger partial charge in [-0.3, -0.25) is 0 Å². The molecular formula is C13H12F3NS. The summed E-state index contributed by atoms with van der Waals surface area (Å²) in [5.41, 5.74) is -0.425. The van der Waals surface area contributed by atoms with Crippen molar-refractivity contribution in [3.8, 4) is 0 Å². The molecule has 18 heavy (non-hydrogen) atoms. The molecule has 0 radical (unpaired) electrons. The summed E-state index contributed by atoms with van der Waals surface area (Å²) in [6, 6.07) is 8.07. The summed E-state index contributed by atoms with van der Waals surface area (Å²) in [5, 5.41) is 0.781. The van der Waals surface area contributed by atoms with Crippen LogP contribution in [-0.4, -0.2) is 10.7 Å². The number of pyridine rings is 1. The van der Waals surface area contributed by atoms with Gasteiger partial charge >= 0.3 is 6.18 Å². The highest BCUT2D eigenvalue weighted by Crippen LogP contribution is 2.34. The first-order chi connectivity index (χ1) is 8.52. The van der Waals surface area contributed by atoms with Crippen molar-refractivity contribution in [2.24, 2.45) is 0 Å². The largest absolute Gasteiger partial charge is 0.433 e. The Kier molecular flexibility index (Phi) is 3.80. The van der Waals surface area contributed by atoms with Crippen LogP contribution in [0.3, 0.4) is 0 Å². The molecule has 0 fully saturated rings. The number of thioether (sulfide) groups is 1. The number of para-hydroxylation sites is 1. The zero-order valence-corrected chi connectivity index (χ0v) is 10.6. The topological polar surface area (TPSA) is 12.9 Å². The average Bonchev–Trinajstić information content (AvgIpc) is 2.34. The van der Waals surface area contributed by atoms with E-state index in [0.717, 1.165) is 23.6 Å². The lowest BCUT2D eigenvalue weighted by Gasteiger charge is -2.11. The van der Waals surface area contributed by atoms with E-state index >= 15 is 0 Å². The minimum absolute atomic E-state index is 0.394. The summed E-state index contributed by atoms with van der Waals surface area (Å²) in [6.07, 6.45) is -3.48. The van der Waals surface area contributed by atoms with E-state index < -0.39 is 11.9 Å². The van der Waals surface area contributed by atoms with Gasteiger partial charge in [0.1, 0.15) is 5.69 Å². The Morgan fingerprint density at radius 2 is 1.94 bits per heavy atom. The third-order valence-corrected chi connectivity index (χ3v) is 3.69. The molecule has 0 amide bonds. The lowest BCUT2D eigenvalue weighted by molar-refractivity contribution is -0.141. The van der Waals surface area contributed by atoms with Gasteiger partial charge in [-0.1, -0.05) is 25.1 Å². The molecule has 0 aliphatic rings. The predicted octanol–water partition coefficient (Wildman–Crippen LogP) is 4.76. The van der Waals surface area contributed by atoms with Gasteiger partial charge in [-0.2, -0.15) is 13.2 Å². The molecule has 0 atom stereocenters.